The van der Waals surface area contributed by atoms with E-state index in [0.717, 1.165) is 12.8 Å². The number of hydrogen-bond acceptors (Lipinski definition) is 3. The number of aliphatic hydroxyl groups excluding tert-OH is 1. The van der Waals surface area contributed by atoms with Gasteiger partial charge in [0, 0.05) is 13.1 Å². The first-order valence-electron chi connectivity index (χ1n) is 5.63. The van der Waals surface area contributed by atoms with Gasteiger partial charge in [0.2, 0.25) is 0 Å². The van der Waals surface area contributed by atoms with Crippen molar-refractivity contribution < 1.29 is 14.6 Å². The number of carbonyl (C=O) groups excluding carboxylic acids is 1. The van der Waals surface area contributed by atoms with Crippen molar-refractivity contribution >= 4 is 5.91 Å². The molecule has 0 aromatic carbocycles. The zero-order valence-corrected chi connectivity index (χ0v) is 9.77. The number of ether oxygens (including phenoxy) is 1. The fourth-order valence-electron chi connectivity index (χ4n) is 1.86. The quantitative estimate of drug-likeness (QED) is 0.757. The molecule has 1 fully saturated rings. The second kappa shape index (κ2) is 5.47. The normalized spacial score (nSPS) is 20.7. The predicted octanol–water partition coefficient (Wildman–Crippen LogP) is 0.783. The van der Waals surface area contributed by atoms with E-state index in [1.165, 1.54) is 6.92 Å². The lowest BCUT2D eigenvalue weighted by Gasteiger charge is -2.33. The van der Waals surface area contributed by atoms with Crippen molar-refractivity contribution in [3.05, 3.63) is 0 Å². The first-order chi connectivity index (χ1) is 7.00. The van der Waals surface area contributed by atoms with E-state index in [4.69, 9.17) is 9.84 Å². The molecular weight excluding hydrogens is 194 g/mol. The van der Waals surface area contributed by atoms with Gasteiger partial charge in [-0.05, 0) is 33.6 Å². The highest BCUT2D eigenvalue weighted by atomic mass is 16.5. The lowest BCUT2D eigenvalue weighted by Crippen LogP contribution is -2.45. The number of piperidine rings is 1. The van der Waals surface area contributed by atoms with Crippen LogP contribution in [0.3, 0.4) is 0 Å². The van der Waals surface area contributed by atoms with Gasteiger partial charge in [0.15, 0.2) is 0 Å². The Labute approximate surface area is 91.2 Å². The molecule has 1 aliphatic rings. The molecule has 0 spiro atoms. The fraction of sp³-hybridized carbons (Fsp3) is 0.909. The monoisotopic (exact) mass is 215 g/mol. The second-order valence-corrected chi connectivity index (χ2v) is 4.39. The Morgan fingerprint density at radius 1 is 1.33 bits per heavy atom. The van der Waals surface area contributed by atoms with Crippen LogP contribution in [0.15, 0.2) is 0 Å². The van der Waals surface area contributed by atoms with E-state index < -0.39 is 6.10 Å². The van der Waals surface area contributed by atoms with Gasteiger partial charge in [-0.15, -0.1) is 0 Å². The molecule has 15 heavy (non-hydrogen) atoms. The maximum Gasteiger partial charge on any atom is 0.251 e. The lowest BCUT2D eigenvalue weighted by molar-refractivity contribution is -0.142. The fourth-order valence-corrected chi connectivity index (χ4v) is 1.86. The van der Waals surface area contributed by atoms with Crippen LogP contribution in [0.25, 0.3) is 0 Å². The molecule has 0 unspecified atom stereocenters. The molecule has 1 heterocycles. The summed E-state index contributed by atoms with van der Waals surface area (Å²) in [5, 5.41) is 9.16. The van der Waals surface area contributed by atoms with Crippen molar-refractivity contribution in [2.75, 3.05) is 13.1 Å². The van der Waals surface area contributed by atoms with Crippen molar-refractivity contribution in [2.45, 2.75) is 51.9 Å². The molecule has 1 N–H and O–H groups in total. The predicted molar refractivity (Wildman–Crippen MR) is 57.5 cm³/mol. The Balaban J connectivity index is 2.32. The van der Waals surface area contributed by atoms with E-state index in [1.54, 1.807) is 4.90 Å². The van der Waals surface area contributed by atoms with Gasteiger partial charge in [-0.25, -0.2) is 0 Å². The smallest absolute Gasteiger partial charge is 0.251 e. The molecule has 1 saturated heterocycles. The standard InChI is InChI=1S/C11H21NO3/c1-8(2)15-10-4-6-12(7-5-10)11(14)9(3)13/h8-10,13H,4-7H2,1-3H3/t9-/m1/s1. The number of carbonyl (C=O) groups is 1. The molecule has 88 valence electrons. The molecule has 4 nitrogen and oxygen atoms in total. The third-order valence-electron chi connectivity index (χ3n) is 2.58. The van der Waals surface area contributed by atoms with Gasteiger partial charge in [-0.3, -0.25) is 4.79 Å². The first kappa shape index (κ1) is 12.5. The van der Waals surface area contributed by atoms with Crippen molar-refractivity contribution in [2.24, 2.45) is 0 Å². The van der Waals surface area contributed by atoms with Crippen LogP contribution < -0.4 is 0 Å². The van der Waals surface area contributed by atoms with E-state index in [1.807, 2.05) is 13.8 Å². The molecular formula is C11H21NO3. The number of nitrogens with zero attached hydrogens (tertiary/aromatic N) is 1. The molecule has 0 saturated carbocycles. The van der Waals surface area contributed by atoms with Crippen LogP contribution in [0.2, 0.25) is 0 Å². The molecule has 1 atom stereocenters. The summed E-state index contributed by atoms with van der Waals surface area (Å²) >= 11 is 0. The van der Waals surface area contributed by atoms with E-state index in [0.29, 0.717) is 13.1 Å². The van der Waals surface area contributed by atoms with E-state index in [2.05, 4.69) is 0 Å². The summed E-state index contributed by atoms with van der Waals surface area (Å²) < 4.78 is 5.68. The van der Waals surface area contributed by atoms with Crippen molar-refractivity contribution in [3.8, 4) is 0 Å². The maximum atomic E-state index is 11.5. The van der Waals surface area contributed by atoms with E-state index in [-0.39, 0.29) is 18.1 Å². The number of rotatable bonds is 3. The summed E-state index contributed by atoms with van der Waals surface area (Å²) in [5.41, 5.74) is 0. The van der Waals surface area contributed by atoms with Crippen LogP contribution in [0, 0.1) is 0 Å². The highest BCUT2D eigenvalue weighted by molar-refractivity contribution is 5.80. The Kier molecular flexibility index (Phi) is 4.54. The molecule has 0 aliphatic carbocycles. The van der Waals surface area contributed by atoms with Crippen LogP contribution >= 0.6 is 0 Å². The summed E-state index contributed by atoms with van der Waals surface area (Å²) in [6, 6.07) is 0. The molecule has 0 radical (unpaired) electrons. The van der Waals surface area contributed by atoms with Crippen LogP contribution in [0.4, 0.5) is 0 Å². The molecule has 0 aromatic heterocycles. The Hall–Kier alpha value is -0.610. The Morgan fingerprint density at radius 3 is 2.27 bits per heavy atom. The molecule has 0 aromatic rings. The minimum absolute atomic E-state index is 0.169. The van der Waals surface area contributed by atoms with Crippen LogP contribution in [0.5, 0.6) is 0 Å². The topological polar surface area (TPSA) is 49.8 Å². The van der Waals surface area contributed by atoms with Crippen molar-refractivity contribution in [1.82, 2.24) is 4.90 Å². The third-order valence-corrected chi connectivity index (χ3v) is 2.58. The number of hydrogen-bond donors (Lipinski definition) is 1. The van der Waals surface area contributed by atoms with Gasteiger partial charge < -0.3 is 14.7 Å². The number of aliphatic hydroxyl groups is 1. The average Bonchev–Trinajstić information content (AvgIpc) is 2.17. The summed E-state index contributed by atoms with van der Waals surface area (Å²) in [6.07, 6.45) is 1.37. The summed E-state index contributed by atoms with van der Waals surface area (Å²) in [5.74, 6) is -0.169. The molecule has 4 heteroatoms. The largest absolute Gasteiger partial charge is 0.384 e. The highest BCUT2D eigenvalue weighted by Gasteiger charge is 2.25. The number of likely N-dealkylation sites (tertiary alicyclic amines) is 1. The van der Waals surface area contributed by atoms with Gasteiger partial charge in [0.1, 0.15) is 6.10 Å². The second-order valence-electron chi connectivity index (χ2n) is 4.39. The Bertz CT molecular complexity index is 208. The average molecular weight is 215 g/mol. The van der Waals surface area contributed by atoms with Gasteiger partial charge in [0.05, 0.1) is 12.2 Å². The third kappa shape index (κ3) is 3.80. The van der Waals surface area contributed by atoms with Gasteiger partial charge in [0.25, 0.3) is 5.91 Å². The highest BCUT2D eigenvalue weighted by Crippen LogP contribution is 2.15. The van der Waals surface area contributed by atoms with Crippen LogP contribution in [-0.2, 0) is 9.53 Å². The van der Waals surface area contributed by atoms with Crippen LogP contribution in [0.1, 0.15) is 33.6 Å². The van der Waals surface area contributed by atoms with Gasteiger partial charge in [-0.1, -0.05) is 0 Å². The molecule has 1 rings (SSSR count). The zero-order chi connectivity index (χ0) is 11.4. The van der Waals surface area contributed by atoms with Crippen LogP contribution in [-0.4, -0.2) is 47.3 Å². The number of amides is 1. The Morgan fingerprint density at radius 2 is 1.87 bits per heavy atom. The summed E-state index contributed by atoms with van der Waals surface area (Å²) in [7, 11) is 0. The molecule has 1 aliphatic heterocycles. The lowest BCUT2D eigenvalue weighted by atomic mass is 10.1. The molecule has 0 bridgehead atoms. The van der Waals surface area contributed by atoms with E-state index >= 15 is 0 Å². The SMILES string of the molecule is CC(C)OC1CCN(C(=O)[C@@H](C)O)CC1. The summed E-state index contributed by atoms with van der Waals surface area (Å²) in [4.78, 5) is 13.2. The van der Waals surface area contributed by atoms with Gasteiger partial charge >= 0.3 is 0 Å². The van der Waals surface area contributed by atoms with E-state index in [9.17, 15) is 4.79 Å². The summed E-state index contributed by atoms with van der Waals surface area (Å²) in [6.45, 7) is 6.95. The van der Waals surface area contributed by atoms with Gasteiger partial charge in [-0.2, -0.15) is 0 Å². The zero-order valence-electron chi connectivity index (χ0n) is 9.77. The minimum atomic E-state index is -0.882. The minimum Gasteiger partial charge on any atom is -0.384 e. The van der Waals surface area contributed by atoms with Crippen molar-refractivity contribution in [1.29, 1.82) is 0 Å². The maximum absolute atomic E-state index is 11.5. The van der Waals surface area contributed by atoms with Crippen molar-refractivity contribution in [3.63, 3.8) is 0 Å². The molecule has 1 amide bonds. The first-order valence-corrected chi connectivity index (χ1v) is 5.63.